The molecule has 1 saturated carbocycles. The van der Waals surface area contributed by atoms with E-state index in [1.165, 1.54) is 10.9 Å². The zero-order chi connectivity index (χ0) is 15.2. The van der Waals surface area contributed by atoms with E-state index in [2.05, 4.69) is 15.6 Å². The molecule has 1 fully saturated rings. The van der Waals surface area contributed by atoms with Gasteiger partial charge in [0.2, 0.25) is 0 Å². The maximum absolute atomic E-state index is 12.0. The number of aromatic nitrogens is 3. The predicted octanol–water partition coefficient (Wildman–Crippen LogP) is -0.467. The molecule has 1 aliphatic rings. The lowest BCUT2D eigenvalue weighted by molar-refractivity contribution is 0.0690. The van der Waals surface area contributed by atoms with Crippen molar-refractivity contribution in [1.82, 2.24) is 25.2 Å². The minimum absolute atomic E-state index is 0.0605. The molecule has 0 spiro atoms. The molecule has 1 aromatic heterocycles. The number of nitrogens with one attached hydrogen (secondary N) is 1. The van der Waals surface area contributed by atoms with Gasteiger partial charge in [0.05, 0.1) is 19.3 Å². The van der Waals surface area contributed by atoms with Crippen molar-refractivity contribution >= 4 is 12.0 Å². The summed E-state index contributed by atoms with van der Waals surface area (Å²) in [5, 5.41) is 27.6. The Morgan fingerprint density at radius 1 is 1.48 bits per heavy atom. The van der Waals surface area contributed by atoms with E-state index in [-0.39, 0.29) is 24.4 Å². The van der Waals surface area contributed by atoms with Gasteiger partial charge in [0, 0.05) is 19.1 Å². The van der Waals surface area contributed by atoms with Crippen molar-refractivity contribution in [3.8, 4) is 0 Å². The highest BCUT2D eigenvalue weighted by Gasteiger charge is 2.28. The number of hydrogen-bond acceptors (Lipinski definition) is 5. The van der Waals surface area contributed by atoms with Gasteiger partial charge in [-0.25, -0.2) is 14.3 Å². The van der Waals surface area contributed by atoms with E-state index in [4.69, 9.17) is 10.2 Å². The van der Waals surface area contributed by atoms with E-state index < -0.39 is 5.97 Å². The summed E-state index contributed by atoms with van der Waals surface area (Å²) in [6.07, 6.45) is 4.36. The molecule has 0 aromatic carbocycles. The Labute approximate surface area is 121 Å². The zero-order valence-electron chi connectivity index (χ0n) is 11.6. The number of amides is 2. The minimum atomic E-state index is -1.13. The Balaban J connectivity index is 1.78. The smallest absolute Gasteiger partial charge is 0.358 e. The quantitative estimate of drug-likeness (QED) is 0.626. The number of carbonyl (C=O) groups excluding carboxylic acids is 1. The lowest BCUT2D eigenvalue weighted by Gasteiger charge is -2.37. The summed E-state index contributed by atoms with van der Waals surface area (Å²) in [5.41, 5.74) is -0.127. The maximum atomic E-state index is 12.0. The van der Waals surface area contributed by atoms with Crippen LogP contribution in [-0.4, -0.2) is 67.8 Å². The highest BCUT2D eigenvalue weighted by atomic mass is 16.4. The van der Waals surface area contributed by atoms with Crippen molar-refractivity contribution < 1.29 is 19.8 Å². The molecular weight excluding hydrogens is 278 g/mol. The number of aliphatic hydroxyl groups is 1. The van der Waals surface area contributed by atoms with Crippen LogP contribution in [0, 0.1) is 0 Å². The lowest BCUT2D eigenvalue weighted by Crippen LogP contribution is -2.50. The van der Waals surface area contributed by atoms with Crippen molar-refractivity contribution in [2.75, 3.05) is 19.7 Å². The molecule has 0 unspecified atom stereocenters. The number of aromatic carboxylic acids is 1. The third-order valence-electron chi connectivity index (χ3n) is 3.49. The van der Waals surface area contributed by atoms with Gasteiger partial charge < -0.3 is 20.4 Å². The van der Waals surface area contributed by atoms with Gasteiger partial charge in [-0.2, -0.15) is 0 Å². The SMILES string of the molecule is O=C(O)c1cn(CCNC(=O)N(CCO)C2CCC2)nn1. The first-order chi connectivity index (χ1) is 10.1. The fourth-order valence-corrected chi connectivity index (χ4v) is 2.14. The molecule has 2 rings (SSSR count). The molecule has 0 saturated heterocycles. The van der Waals surface area contributed by atoms with Gasteiger partial charge in [-0.1, -0.05) is 5.21 Å². The van der Waals surface area contributed by atoms with Crippen LogP contribution in [0.2, 0.25) is 0 Å². The van der Waals surface area contributed by atoms with E-state index in [9.17, 15) is 9.59 Å². The molecule has 9 heteroatoms. The molecule has 2 amide bonds. The van der Waals surface area contributed by atoms with Crippen LogP contribution in [-0.2, 0) is 6.54 Å². The van der Waals surface area contributed by atoms with E-state index in [1.54, 1.807) is 4.90 Å². The van der Waals surface area contributed by atoms with Gasteiger partial charge in [-0.15, -0.1) is 5.10 Å². The highest BCUT2D eigenvalue weighted by molar-refractivity contribution is 5.84. The van der Waals surface area contributed by atoms with Crippen molar-refractivity contribution in [2.24, 2.45) is 0 Å². The first-order valence-electron chi connectivity index (χ1n) is 6.90. The first kappa shape index (κ1) is 15.2. The molecule has 1 heterocycles. The summed E-state index contributed by atoms with van der Waals surface area (Å²) in [4.78, 5) is 24.3. The van der Waals surface area contributed by atoms with Crippen LogP contribution in [0.1, 0.15) is 29.8 Å². The monoisotopic (exact) mass is 297 g/mol. The third-order valence-corrected chi connectivity index (χ3v) is 3.49. The predicted molar refractivity (Wildman–Crippen MR) is 71.8 cm³/mol. The summed E-state index contributed by atoms with van der Waals surface area (Å²) >= 11 is 0. The molecule has 1 aliphatic carbocycles. The molecule has 3 N–H and O–H groups in total. The van der Waals surface area contributed by atoms with Gasteiger partial charge in [-0.05, 0) is 19.3 Å². The van der Waals surface area contributed by atoms with Crippen molar-refractivity contribution in [3.63, 3.8) is 0 Å². The van der Waals surface area contributed by atoms with Gasteiger partial charge >= 0.3 is 12.0 Å². The second-order valence-corrected chi connectivity index (χ2v) is 4.91. The Morgan fingerprint density at radius 3 is 2.76 bits per heavy atom. The number of carboxylic acids is 1. The standard InChI is InChI=1S/C12H19N5O4/c18-7-6-17(9-2-1-3-9)12(21)13-4-5-16-8-10(11(19)20)14-15-16/h8-9,18H,1-7H2,(H,13,21)(H,19,20). The van der Waals surface area contributed by atoms with Crippen LogP contribution in [0.5, 0.6) is 0 Å². The average Bonchev–Trinajstić information content (AvgIpc) is 2.85. The van der Waals surface area contributed by atoms with Crippen LogP contribution in [0.3, 0.4) is 0 Å². The second-order valence-electron chi connectivity index (χ2n) is 4.91. The molecule has 0 bridgehead atoms. The Kier molecular flexibility index (Phi) is 5.09. The van der Waals surface area contributed by atoms with E-state index in [0.29, 0.717) is 19.6 Å². The van der Waals surface area contributed by atoms with Gasteiger partial charge in [0.25, 0.3) is 0 Å². The van der Waals surface area contributed by atoms with Gasteiger partial charge in [-0.3, -0.25) is 0 Å². The summed E-state index contributed by atoms with van der Waals surface area (Å²) in [6.45, 7) is 0.914. The maximum Gasteiger partial charge on any atom is 0.358 e. The van der Waals surface area contributed by atoms with E-state index in [0.717, 1.165) is 19.3 Å². The fourth-order valence-electron chi connectivity index (χ4n) is 2.14. The van der Waals surface area contributed by atoms with Crippen molar-refractivity contribution in [2.45, 2.75) is 31.8 Å². The minimum Gasteiger partial charge on any atom is -0.476 e. The van der Waals surface area contributed by atoms with Gasteiger partial charge in [0.1, 0.15) is 0 Å². The Bertz CT molecular complexity index is 500. The number of nitrogens with zero attached hydrogens (tertiary/aromatic N) is 4. The molecule has 0 radical (unpaired) electrons. The highest BCUT2D eigenvalue weighted by Crippen LogP contribution is 2.24. The molecule has 21 heavy (non-hydrogen) atoms. The second kappa shape index (κ2) is 7.02. The number of urea groups is 1. The summed E-state index contributed by atoms with van der Waals surface area (Å²) in [7, 11) is 0. The summed E-state index contributed by atoms with van der Waals surface area (Å²) < 4.78 is 1.36. The van der Waals surface area contributed by atoms with E-state index >= 15 is 0 Å². The lowest BCUT2D eigenvalue weighted by atomic mass is 9.92. The number of carbonyl (C=O) groups is 2. The summed E-state index contributed by atoms with van der Waals surface area (Å²) in [5.74, 6) is -1.13. The first-order valence-corrected chi connectivity index (χ1v) is 6.90. The van der Waals surface area contributed by atoms with E-state index in [1.807, 2.05) is 0 Å². The van der Waals surface area contributed by atoms with Crippen molar-refractivity contribution in [1.29, 1.82) is 0 Å². The number of carboxylic acid groups (broad SMARTS) is 1. The Hall–Kier alpha value is -2.16. The van der Waals surface area contributed by atoms with Crippen LogP contribution in [0.25, 0.3) is 0 Å². The Morgan fingerprint density at radius 2 is 2.24 bits per heavy atom. The third kappa shape index (κ3) is 3.91. The van der Waals surface area contributed by atoms with Crippen LogP contribution < -0.4 is 5.32 Å². The molecule has 116 valence electrons. The molecular formula is C12H19N5O4. The molecule has 0 aliphatic heterocycles. The van der Waals surface area contributed by atoms with Crippen LogP contribution >= 0.6 is 0 Å². The summed E-state index contributed by atoms with van der Waals surface area (Å²) in [6, 6.07) is -0.00513. The number of aliphatic hydroxyl groups excluding tert-OH is 1. The molecule has 9 nitrogen and oxygen atoms in total. The fraction of sp³-hybridized carbons (Fsp3) is 0.667. The van der Waals surface area contributed by atoms with Crippen LogP contribution in [0.4, 0.5) is 4.79 Å². The normalized spacial score (nSPS) is 14.5. The molecule has 0 atom stereocenters. The molecule has 1 aromatic rings. The largest absolute Gasteiger partial charge is 0.476 e. The van der Waals surface area contributed by atoms with Crippen LogP contribution in [0.15, 0.2) is 6.20 Å². The van der Waals surface area contributed by atoms with Gasteiger partial charge in [0.15, 0.2) is 5.69 Å². The topological polar surface area (TPSA) is 121 Å². The average molecular weight is 297 g/mol. The number of rotatable bonds is 7. The van der Waals surface area contributed by atoms with Crippen molar-refractivity contribution in [3.05, 3.63) is 11.9 Å². The zero-order valence-corrected chi connectivity index (χ0v) is 11.6. The number of hydrogen-bond donors (Lipinski definition) is 3.